The molecule has 2 rings (SSSR count). The van der Waals surface area contributed by atoms with Gasteiger partial charge in [0.15, 0.2) is 0 Å². The minimum absolute atomic E-state index is 0.00541. The van der Waals surface area contributed by atoms with E-state index in [1.165, 1.54) is 11.3 Å². The van der Waals surface area contributed by atoms with Gasteiger partial charge in [0.05, 0.1) is 22.8 Å². The molecular weight excluding hydrogens is 312 g/mol. The molecule has 1 saturated heterocycles. The summed E-state index contributed by atoms with van der Waals surface area (Å²) in [6, 6.07) is 3.73. The molecule has 1 aliphatic rings. The average Bonchev–Trinajstić information content (AvgIpc) is 2.97. The Labute approximate surface area is 133 Å². The predicted molar refractivity (Wildman–Crippen MR) is 82.6 cm³/mol. The third-order valence-corrected chi connectivity index (χ3v) is 5.09. The minimum Gasteiger partial charge on any atom is -0.481 e. The fraction of sp³-hybridized carbons (Fsp3) is 0.571. The lowest BCUT2D eigenvalue weighted by Gasteiger charge is -2.22. The molecule has 1 aliphatic heterocycles. The summed E-state index contributed by atoms with van der Waals surface area (Å²) in [6.07, 6.45) is 0.583. The van der Waals surface area contributed by atoms with Crippen molar-refractivity contribution in [1.82, 2.24) is 9.80 Å². The second kappa shape index (κ2) is 6.34. The number of nitrogens with zero attached hydrogens (tertiary/aromatic N) is 2. The van der Waals surface area contributed by atoms with Gasteiger partial charge in [-0.15, -0.1) is 11.3 Å². The van der Waals surface area contributed by atoms with Gasteiger partial charge in [-0.1, -0.05) is 11.6 Å². The fourth-order valence-electron chi connectivity index (χ4n) is 2.44. The van der Waals surface area contributed by atoms with E-state index >= 15 is 0 Å². The van der Waals surface area contributed by atoms with Crippen LogP contribution in [0.15, 0.2) is 12.1 Å². The molecule has 0 aliphatic carbocycles. The Kier molecular flexibility index (Phi) is 4.91. The number of carbonyl (C=O) groups is 2. The summed E-state index contributed by atoms with van der Waals surface area (Å²) < 4.78 is 0.711. The van der Waals surface area contributed by atoms with Crippen LogP contribution in [0, 0.1) is 5.41 Å². The Morgan fingerprint density at radius 3 is 2.76 bits per heavy atom. The van der Waals surface area contributed by atoms with Crippen molar-refractivity contribution in [2.24, 2.45) is 5.41 Å². The zero-order chi connectivity index (χ0) is 15.6. The molecule has 1 aromatic rings. The first-order chi connectivity index (χ1) is 9.80. The van der Waals surface area contributed by atoms with E-state index in [1.807, 2.05) is 17.0 Å². The standard InChI is InChI=1S/C14H19ClN2O3S/c1-14(13(19)20)5-6-17(9-14)8-12(18)16(2)7-10-3-4-11(15)21-10/h3-4H,5-9H2,1-2H3,(H,19,20). The van der Waals surface area contributed by atoms with Crippen molar-refractivity contribution >= 4 is 34.8 Å². The zero-order valence-corrected chi connectivity index (χ0v) is 13.7. The molecule has 2 heterocycles. The van der Waals surface area contributed by atoms with Gasteiger partial charge < -0.3 is 10.0 Å². The van der Waals surface area contributed by atoms with Gasteiger partial charge >= 0.3 is 5.97 Å². The molecule has 7 heteroatoms. The number of likely N-dealkylation sites (N-methyl/N-ethyl adjacent to an activating group) is 1. The van der Waals surface area contributed by atoms with Gasteiger partial charge in [0.2, 0.25) is 5.91 Å². The van der Waals surface area contributed by atoms with Crippen LogP contribution in [0.4, 0.5) is 0 Å². The number of likely N-dealkylation sites (tertiary alicyclic amines) is 1. The third kappa shape index (κ3) is 3.96. The lowest BCUT2D eigenvalue weighted by Crippen LogP contribution is -2.39. The van der Waals surface area contributed by atoms with Crippen LogP contribution >= 0.6 is 22.9 Å². The van der Waals surface area contributed by atoms with Crippen molar-refractivity contribution in [2.45, 2.75) is 19.9 Å². The summed E-state index contributed by atoms with van der Waals surface area (Å²) in [6.45, 7) is 3.59. The molecule has 21 heavy (non-hydrogen) atoms. The van der Waals surface area contributed by atoms with E-state index in [9.17, 15) is 14.7 Å². The second-order valence-electron chi connectivity index (χ2n) is 5.78. The Balaban J connectivity index is 1.86. The first-order valence-corrected chi connectivity index (χ1v) is 7.93. The Bertz CT molecular complexity index is 548. The fourth-order valence-corrected chi connectivity index (χ4v) is 3.58. The third-order valence-electron chi connectivity index (χ3n) is 3.88. The smallest absolute Gasteiger partial charge is 0.310 e. The van der Waals surface area contributed by atoms with Crippen LogP contribution in [0.25, 0.3) is 0 Å². The molecule has 0 spiro atoms. The number of carboxylic acids is 1. The SMILES string of the molecule is CN(Cc1ccc(Cl)s1)C(=O)CN1CCC(C)(C(=O)O)C1. The highest BCUT2D eigenvalue weighted by atomic mass is 35.5. The maximum atomic E-state index is 12.2. The number of halogens is 1. The summed E-state index contributed by atoms with van der Waals surface area (Å²) in [4.78, 5) is 28.0. The average molecular weight is 331 g/mol. The summed E-state index contributed by atoms with van der Waals surface area (Å²) in [5, 5.41) is 9.20. The minimum atomic E-state index is -0.793. The van der Waals surface area contributed by atoms with E-state index in [4.69, 9.17) is 11.6 Å². The van der Waals surface area contributed by atoms with Crippen molar-refractivity contribution in [2.75, 3.05) is 26.7 Å². The Morgan fingerprint density at radius 1 is 1.52 bits per heavy atom. The van der Waals surface area contributed by atoms with Gasteiger partial charge in [0, 0.05) is 18.5 Å². The first-order valence-electron chi connectivity index (χ1n) is 6.74. The van der Waals surface area contributed by atoms with Crippen molar-refractivity contribution in [1.29, 1.82) is 0 Å². The van der Waals surface area contributed by atoms with Crippen LogP contribution in [-0.4, -0.2) is 53.5 Å². The number of amides is 1. The lowest BCUT2D eigenvalue weighted by atomic mass is 9.90. The highest BCUT2D eigenvalue weighted by Gasteiger charge is 2.40. The van der Waals surface area contributed by atoms with Crippen LogP contribution in [0.3, 0.4) is 0 Å². The van der Waals surface area contributed by atoms with Gasteiger partial charge in [-0.05, 0) is 32.0 Å². The van der Waals surface area contributed by atoms with Gasteiger partial charge in [-0.25, -0.2) is 0 Å². The van der Waals surface area contributed by atoms with E-state index in [2.05, 4.69) is 0 Å². The van der Waals surface area contributed by atoms with E-state index in [-0.39, 0.29) is 12.5 Å². The highest BCUT2D eigenvalue weighted by molar-refractivity contribution is 7.16. The van der Waals surface area contributed by atoms with Crippen LogP contribution in [0.2, 0.25) is 4.34 Å². The molecule has 5 nitrogen and oxygen atoms in total. The second-order valence-corrected chi connectivity index (χ2v) is 7.58. The summed E-state index contributed by atoms with van der Waals surface area (Å²) >= 11 is 7.33. The van der Waals surface area contributed by atoms with Crippen LogP contribution in [0.1, 0.15) is 18.2 Å². The molecule has 0 saturated carbocycles. The van der Waals surface area contributed by atoms with Crippen molar-refractivity contribution in [3.05, 3.63) is 21.3 Å². The monoisotopic (exact) mass is 330 g/mol. The van der Waals surface area contributed by atoms with E-state index in [0.29, 0.717) is 30.4 Å². The maximum Gasteiger partial charge on any atom is 0.310 e. The van der Waals surface area contributed by atoms with Crippen molar-refractivity contribution in [3.8, 4) is 0 Å². The molecule has 1 N–H and O–H groups in total. The van der Waals surface area contributed by atoms with E-state index < -0.39 is 11.4 Å². The molecule has 1 atom stereocenters. The van der Waals surface area contributed by atoms with Crippen LogP contribution in [-0.2, 0) is 16.1 Å². The van der Waals surface area contributed by atoms with Gasteiger partial charge in [0.1, 0.15) is 0 Å². The number of aliphatic carboxylic acids is 1. The summed E-state index contributed by atoms with van der Waals surface area (Å²) in [7, 11) is 1.75. The number of rotatable bonds is 5. The molecule has 0 aromatic carbocycles. The van der Waals surface area contributed by atoms with Crippen LogP contribution in [0.5, 0.6) is 0 Å². The van der Waals surface area contributed by atoms with Crippen molar-refractivity contribution in [3.63, 3.8) is 0 Å². The first kappa shape index (κ1) is 16.3. The van der Waals surface area contributed by atoms with Gasteiger partial charge in [-0.3, -0.25) is 14.5 Å². The number of hydrogen-bond donors (Lipinski definition) is 1. The number of carboxylic acid groups (broad SMARTS) is 1. The van der Waals surface area contributed by atoms with Crippen LogP contribution < -0.4 is 0 Å². The summed E-state index contributed by atoms with van der Waals surface area (Å²) in [5.74, 6) is -0.798. The number of carbonyl (C=O) groups excluding carboxylic acids is 1. The van der Waals surface area contributed by atoms with Gasteiger partial charge in [-0.2, -0.15) is 0 Å². The van der Waals surface area contributed by atoms with Crippen molar-refractivity contribution < 1.29 is 14.7 Å². The van der Waals surface area contributed by atoms with E-state index in [0.717, 1.165) is 4.88 Å². The molecular formula is C14H19ClN2O3S. The number of hydrogen-bond acceptors (Lipinski definition) is 4. The van der Waals surface area contributed by atoms with Gasteiger partial charge in [0.25, 0.3) is 0 Å². The quantitative estimate of drug-likeness (QED) is 0.898. The normalized spacial score (nSPS) is 22.4. The zero-order valence-electron chi connectivity index (χ0n) is 12.1. The Morgan fingerprint density at radius 2 is 2.24 bits per heavy atom. The lowest BCUT2D eigenvalue weighted by molar-refractivity contribution is -0.147. The summed E-state index contributed by atoms with van der Waals surface area (Å²) in [5.41, 5.74) is -0.736. The largest absolute Gasteiger partial charge is 0.481 e. The molecule has 1 aromatic heterocycles. The predicted octanol–water partition coefficient (Wildman–Crippen LogP) is 2.16. The molecule has 116 valence electrons. The topological polar surface area (TPSA) is 60.9 Å². The number of thiophene rings is 1. The molecule has 0 bridgehead atoms. The molecule has 1 amide bonds. The van der Waals surface area contributed by atoms with E-state index in [1.54, 1.807) is 18.9 Å². The molecule has 1 fully saturated rings. The Hall–Kier alpha value is -1.11. The molecule has 0 radical (unpaired) electrons. The maximum absolute atomic E-state index is 12.2. The molecule has 1 unspecified atom stereocenters. The highest BCUT2D eigenvalue weighted by Crippen LogP contribution is 2.30.